The molecule has 0 saturated heterocycles. The molecule has 1 aliphatic rings. The van der Waals surface area contributed by atoms with Crippen molar-refractivity contribution in [2.45, 2.75) is 10.9 Å². The summed E-state index contributed by atoms with van der Waals surface area (Å²) in [5.74, 6) is 1.38. The zero-order chi connectivity index (χ0) is 17.2. The highest BCUT2D eigenvalue weighted by molar-refractivity contribution is 7.89. The van der Waals surface area contributed by atoms with Crippen LogP contribution in [0.4, 0.5) is 0 Å². The van der Waals surface area contributed by atoms with Crippen molar-refractivity contribution in [1.82, 2.24) is 14.6 Å². The second-order valence-electron chi connectivity index (χ2n) is 5.63. The molecule has 0 saturated carbocycles. The van der Waals surface area contributed by atoms with Gasteiger partial charge >= 0.3 is 0 Å². The third kappa shape index (κ3) is 3.50. The van der Waals surface area contributed by atoms with Crippen LogP contribution in [0.2, 0.25) is 0 Å². The number of aromatic nitrogens is 1. The smallest absolute Gasteiger partial charge is 0.242 e. The molecule has 1 unspecified atom stereocenters. The second kappa shape index (κ2) is 6.76. The first-order valence-electron chi connectivity index (χ1n) is 7.43. The van der Waals surface area contributed by atoms with Gasteiger partial charge in [0.05, 0.1) is 0 Å². The maximum atomic E-state index is 12.4. The molecule has 1 aliphatic heterocycles. The van der Waals surface area contributed by atoms with Gasteiger partial charge in [-0.3, -0.25) is 4.98 Å². The van der Waals surface area contributed by atoms with E-state index in [0.717, 1.165) is 5.56 Å². The molecule has 0 aliphatic carbocycles. The lowest BCUT2D eigenvalue weighted by Crippen LogP contribution is -2.34. The van der Waals surface area contributed by atoms with Crippen molar-refractivity contribution in [2.24, 2.45) is 0 Å². The average molecular weight is 349 g/mol. The van der Waals surface area contributed by atoms with E-state index in [-0.39, 0.29) is 24.3 Å². The summed E-state index contributed by atoms with van der Waals surface area (Å²) in [6, 6.07) is 8.59. The van der Waals surface area contributed by atoms with Gasteiger partial charge in [0.1, 0.15) is 4.90 Å². The molecule has 1 N–H and O–H groups in total. The molecule has 1 aromatic heterocycles. The Hall–Kier alpha value is -2.16. The van der Waals surface area contributed by atoms with Gasteiger partial charge < -0.3 is 14.4 Å². The number of rotatable bonds is 6. The van der Waals surface area contributed by atoms with Crippen molar-refractivity contribution in [3.05, 3.63) is 48.3 Å². The van der Waals surface area contributed by atoms with Crippen LogP contribution in [-0.2, 0) is 10.0 Å². The summed E-state index contributed by atoms with van der Waals surface area (Å²) in [5.41, 5.74) is 0.943. The molecule has 0 spiro atoms. The molecule has 0 amide bonds. The fourth-order valence-corrected chi connectivity index (χ4v) is 3.50. The largest absolute Gasteiger partial charge is 0.454 e. The predicted molar refractivity (Wildman–Crippen MR) is 88.4 cm³/mol. The molecule has 128 valence electrons. The zero-order valence-corrected chi connectivity index (χ0v) is 14.3. The fourth-order valence-electron chi connectivity index (χ4n) is 2.50. The lowest BCUT2D eigenvalue weighted by Gasteiger charge is -2.25. The van der Waals surface area contributed by atoms with Crippen LogP contribution in [-0.4, -0.2) is 45.7 Å². The Morgan fingerprint density at radius 1 is 1.25 bits per heavy atom. The molecule has 24 heavy (non-hydrogen) atoms. The first kappa shape index (κ1) is 16.7. The maximum Gasteiger partial charge on any atom is 0.242 e. The Labute approximate surface area is 141 Å². The number of ether oxygens (including phenoxy) is 2. The maximum absolute atomic E-state index is 12.4. The van der Waals surface area contributed by atoms with E-state index >= 15 is 0 Å². The van der Waals surface area contributed by atoms with Crippen LogP contribution in [0.15, 0.2) is 47.6 Å². The van der Waals surface area contributed by atoms with Crippen molar-refractivity contribution in [1.29, 1.82) is 0 Å². The third-order valence-corrected chi connectivity index (χ3v) is 5.22. The van der Waals surface area contributed by atoms with E-state index in [4.69, 9.17) is 9.47 Å². The summed E-state index contributed by atoms with van der Waals surface area (Å²) in [7, 11) is 0.189. The van der Waals surface area contributed by atoms with E-state index in [9.17, 15) is 8.42 Å². The van der Waals surface area contributed by atoms with E-state index in [1.807, 2.05) is 37.2 Å². The highest BCUT2D eigenvalue weighted by atomic mass is 32.2. The lowest BCUT2D eigenvalue weighted by molar-refractivity contribution is 0.174. The zero-order valence-electron chi connectivity index (χ0n) is 13.5. The SMILES string of the molecule is CN(C)C(CNS(=O)(=O)c1cccnc1)c1ccc2c(c1)OCO2. The highest BCUT2D eigenvalue weighted by Gasteiger charge is 2.22. The number of hydrogen-bond acceptors (Lipinski definition) is 6. The molecule has 0 bridgehead atoms. The number of nitrogens with zero attached hydrogens (tertiary/aromatic N) is 2. The van der Waals surface area contributed by atoms with Crippen molar-refractivity contribution < 1.29 is 17.9 Å². The minimum absolute atomic E-state index is 0.146. The Balaban J connectivity index is 1.78. The van der Waals surface area contributed by atoms with Crippen LogP contribution in [0.1, 0.15) is 11.6 Å². The van der Waals surface area contributed by atoms with E-state index in [1.165, 1.54) is 18.5 Å². The fraction of sp³-hybridized carbons (Fsp3) is 0.312. The first-order chi connectivity index (χ1) is 11.5. The van der Waals surface area contributed by atoms with E-state index in [2.05, 4.69) is 9.71 Å². The molecule has 0 fully saturated rings. The van der Waals surface area contributed by atoms with E-state index < -0.39 is 10.0 Å². The van der Waals surface area contributed by atoms with Gasteiger partial charge in [-0.25, -0.2) is 13.1 Å². The summed E-state index contributed by atoms with van der Waals surface area (Å²) < 4.78 is 38.1. The minimum atomic E-state index is -3.60. The van der Waals surface area contributed by atoms with Gasteiger partial charge in [-0.05, 0) is 43.9 Å². The third-order valence-electron chi connectivity index (χ3n) is 3.82. The number of nitrogens with one attached hydrogen (secondary N) is 1. The topological polar surface area (TPSA) is 80.8 Å². The number of hydrogen-bond donors (Lipinski definition) is 1. The molecular formula is C16H19N3O4S. The van der Waals surface area contributed by atoms with E-state index in [0.29, 0.717) is 11.5 Å². The van der Waals surface area contributed by atoms with Crippen molar-refractivity contribution in [2.75, 3.05) is 27.4 Å². The number of fused-ring (bicyclic) bond motifs is 1. The van der Waals surface area contributed by atoms with Crippen LogP contribution >= 0.6 is 0 Å². The molecular weight excluding hydrogens is 330 g/mol. The monoisotopic (exact) mass is 349 g/mol. The van der Waals surface area contributed by atoms with Gasteiger partial charge in [-0.2, -0.15) is 0 Å². The molecule has 3 rings (SSSR count). The number of sulfonamides is 1. The highest BCUT2D eigenvalue weighted by Crippen LogP contribution is 2.35. The van der Waals surface area contributed by atoms with Crippen LogP contribution in [0, 0.1) is 0 Å². The van der Waals surface area contributed by atoms with Crippen LogP contribution in [0.5, 0.6) is 11.5 Å². The molecule has 8 heteroatoms. The molecule has 2 heterocycles. The average Bonchev–Trinajstić information content (AvgIpc) is 3.03. The van der Waals surface area contributed by atoms with Crippen molar-refractivity contribution in [3.8, 4) is 11.5 Å². The minimum Gasteiger partial charge on any atom is -0.454 e. The van der Waals surface area contributed by atoms with Crippen molar-refractivity contribution >= 4 is 10.0 Å². The predicted octanol–water partition coefficient (Wildman–Crippen LogP) is 1.39. The molecule has 1 aromatic carbocycles. The molecule has 0 radical (unpaired) electrons. The standard InChI is InChI=1S/C16H19N3O4S/c1-19(2)14(12-5-6-15-16(8-12)23-11-22-15)10-18-24(20,21)13-4-3-7-17-9-13/h3-9,14,18H,10-11H2,1-2H3. The quantitative estimate of drug-likeness (QED) is 0.849. The Morgan fingerprint density at radius 3 is 2.75 bits per heavy atom. The summed E-state index contributed by atoms with van der Waals surface area (Å²) in [6.45, 7) is 0.433. The number of pyridine rings is 1. The Kier molecular flexibility index (Phi) is 4.70. The normalized spacial score (nSPS) is 14.8. The Bertz CT molecular complexity index is 809. The number of benzene rings is 1. The Morgan fingerprint density at radius 2 is 2.04 bits per heavy atom. The number of likely N-dealkylation sites (N-methyl/N-ethyl adjacent to an activating group) is 1. The molecule has 7 nitrogen and oxygen atoms in total. The summed E-state index contributed by atoms with van der Waals surface area (Å²) in [6.07, 6.45) is 2.86. The van der Waals surface area contributed by atoms with Gasteiger partial charge in [0, 0.05) is 25.0 Å². The molecule has 1 atom stereocenters. The van der Waals surface area contributed by atoms with Gasteiger partial charge in [-0.1, -0.05) is 6.07 Å². The van der Waals surface area contributed by atoms with Gasteiger partial charge in [0.25, 0.3) is 0 Å². The van der Waals surface area contributed by atoms with Crippen LogP contribution < -0.4 is 14.2 Å². The van der Waals surface area contributed by atoms with Gasteiger partial charge in [-0.15, -0.1) is 0 Å². The van der Waals surface area contributed by atoms with Crippen LogP contribution in [0.3, 0.4) is 0 Å². The van der Waals surface area contributed by atoms with E-state index in [1.54, 1.807) is 6.07 Å². The van der Waals surface area contributed by atoms with Gasteiger partial charge in [0.15, 0.2) is 11.5 Å². The summed E-state index contributed by atoms with van der Waals surface area (Å²) in [5, 5.41) is 0. The lowest BCUT2D eigenvalue weighted by atomic mass is 10.1. The first-order valence-corrected chi connectivity index (χ1v) is 8.91. The second-order valence-corrected chi connectivity index (χ2v) is 7.40. The van der Waals surface area contributed by atoms with Crippen molar-refractivity contribution in [3.63, 3.8) is 0 Å². The van der Waals surface area contributed by atoms with Gasteiger partial charge in [0.2, 0.25) is 16.8 Å². The molecule has 2 aromatic rings. The summed E-state index contributed by atoms with van der Waals surface area (Å²) >= 11 is 0. The summed E-state index contributed by atoms with van der Waals surface area (Å²) in [4.78, 5) is 5.94. The van der Waals surface area contributed by atoms with Crippen LogP contribution in [0.25, 0.3) is 0 Å².